The molecule has 7 heterocycles. The molecule has 0 spiro atoms. The topological polar surface area (TPSA) is 94.2 Å². The lowest BCUT2D eigenvalue weighted by atomic mass is 9.78. The standard InChI is InChI=1S/C50H40N8O4/c59-43-51-29-35-17-13-14-18-36(35)30-52-44(60)56-34-58-46(62)54-32-38-20-16-15-19-37(38)31-53-45(61)57(50(58,42-27-11-4-12-28-42)48(53,54)40-23-7-2-8-24-40)33-55(43)49(56,41-25-9-3-10-26-41)47(51,52)39-21-5-1-6-22-39/h1-28H,29-34H2. The Hall–Kier alpha value is -7.60. The molecule has 0 aliphatic carbocycles. The second kappa shape index (κ2) is 12.0. The highest BCUT2D eigenvalue weighted by Crippen LogP contribution is 2.69. The number of urea groups is 4. The van der Waals surface area contributed by atoms with Crippen molar-refractivity contribution in [3.8, 4) is 0 Å². The van der Waals surface area contributed by atoms with E-state index in [1.165, 1.54) is 0 Å². The number of carbonyl (C=O) groups is 4. The van der Waals surface area contributed by atoms with Gasteiger partial charge in [-0.05, 0) is 22.3 Å². The van der Waals surface area contributed by atoms with Crippen LogP contribution in [0.25, 0.3) is 0 Å². The summed E-state index contributed by atoms with van der Waals surface area (Å²) in [6.07, 6.45) is 0. The first-order chi connectivity index (χ1) is 30.4. The summed E-state index contributed by atoms with van der Waals surface area (Å²) in [7, 11) is 0. The molecule has 0 unspecified atom stereocenters. The minimum atomic E-state index is -1.59. The lowest BCUT2D eigenvalue weighted by molar-refractivity contribution is -0.157. The molecule has 304 valence electrons. The van der Waals surface area contributed by atoms with Crippen LogP contribution in [-0.2, 0) is 48.8 Å². The fourth-order valence-electron chi connectivity index (χ4n) is 12.6. The fourth-order valence-corrected chi connectivity index (χ4v) is 12.6. The zero-order valence-corrected chi connectivity index (χ0v) is 33.6. The van der Waals surface area contributed by atoms with E-state index in [2.05, 4.69) is 0 Å². The number of nitrogens with zero attached hydrogens (tertiary/aromatic N) is 8. The highest BCUT2D eigenvalue weighted by Gasteiger charge is 2.86. The summed E-state index contributed by atoms with van der Waals surface area (Å²) in [4.78, 5) is 79.5. The van der Waals surface area contributed by atoms with E-state index >= 15 is 19.2 Å². The van der Waals surface area contributed by atoms with Gasteiger partial charge in [0.25, 0.3) is 0 Å². The normalized spacial score (nSPS) is 27.7. The maximum Gasteiger partial charge on any atom is 0.326 e. The highest BCUT2D eigenvalue weighted by molar-refractivity contribution is 5.94. The predicted molar refractivity (Wildman–Crippen MR) is 226 cm³/mol. The van der Waals surface area contributed by atoms with Gasteiger partial charge in [0.1, 0.15) is 13.3 Å². The van der Waals surface area contributed by atoms with Crippen molar-refractivity contribution in [2.24, 2.45) is 0 Å². The van der Waals surface area contributed by atoms with Crippen LogP contribution in [0.1, 0.15) is 44.5 Å². The summed E-state index contributed by atoms with van der Waals surface area (Å²) in [5, 5.41) is 0. The molecule has 0 aromatic heterocycles. The van der Waals surface area contributed by atoms with E-state index in [0.717, 1.165) is 33.4 Å². The van der Waals surface area contributed by atoms with Crippen molar-refractivity contribution in [2.45, 2.75) is 48.8 Å². The molecule has 0 atom stereocenters. The second-order valence-corrected chi connectivity index (χ2v) is 17.2. The van der Waals surface area contributed by atoms with Crippen LogP contribution >= 0.6 is 0 Å². The Bertz CT molecular complexity index is 2580. The summed E-state index contributed by atoms with van der Waals surface area (Å²) < 4.78 is 0. The van der Waals surface area contributed by atoms with Crippen molar-refractivity contribution in [3.63, 3.8) is 0 Å². The number of hydrogen-bond acceptors (Lipinski definition) is 4. The third-order valence-electron chi connectivity index (χ3n) is 14.8. The third kappa shape index (κ3) is 3.74. The zero-order valence-electron chi connectivity index (χ0n) is 33.6. The average molecular weight is 817 g/mol. The molecule has 7 aliphatic rings. The Morgan fingerprint density at radius 1 is 0.258 bits per heavy atom. The number of carbonyl (C=O) groups excluding carboxylic acids is 4. The van der Waals surface area contributed by atoms with Crippen molar-refractivity contribution < 1.29 is 19.2 Å². The Balaban J connectivity index is 1.17. The number of rotatable bonds is 4. The van der Waals surface area contributed by atoms with Crippen LogP contribution in [0.2, 0.25) is 0 Å². The maximum absolute atomic E-state index is 16.3. The van der Waals surface area contributed by atoms with Gasteiger partial charge in [-0.15, -0.1) is 0 Å². The predicted octanol–water partition coefficient (Wildman–Crippen LogP) is 7.71. The monoisotopic (exact) mass is 816 g/mol. The van der Waals surface area contributed by atoms with E-state index in [1.54, 1.807) is 19.6 Å². The molecule has 8 amide bonds. The van der Waals surface area contributed by atoms with E-state index < -0.39 is 22.7 Å². The summed E-state index contributed by atoms with van der Waals surface area (Å²) in [6.45, 7) is 0.316. The lowest BCUT2D eigenvalue weighted by Gasteiger charge is -2.56. The van der Waals surface area contributed by atoms with Gasteiger partial charge in [0.2, 0.25) is 0 Å². The van der Waals surface area contributed by atoms with Gasteiger partial charge < -0.3 is 0 Å². The Kier molecular flexibility index (Phi) is 6.83. The van der Waals surface area contributed by atoms with Crippen molar-refractivity contribution in [1.29, 1.82) is 0 Å². The third-order valence-corrected chi connectivity index (χ3v) is 14.8. The van der Waals surface area contributed by atoms with E-state index in [4.69, 9.17) is 0 Å². The molecule has 12 nitrogen and oxygen atoms in total. The number of benzene rings is 6. The molecule has 0 N–H and O–H groups in total. The minimum absolute atomic E-state index is 0.206. The van der Waals surface area contributed by atoms with E-state index in [1.807, 2.05) is 189 Å². The first-order valence-corrected chi connectivity index (χ1v) is 21.1. The maximum atomic E-state index is 16.3. The molecule has 12 heteroatoms. The molecule has 13 rings (SSSR count). The first kappa shape index (κ1) is 35.2. The molecular formula is C50H40N8O4. The second-order valence-electron chi connectivity index (χ2n) is 17.2. The summed E-state index contributed by atoms with van der Waals surface area (Å²) in [6, 6.07) is 53.7. The Morgan fingerprint density at radius 3 is 0.677 bits per heavy atom. The molecule has 0 radical (unpaired) electrons. The van der Waals surface area contributed by atoms with Gasteiger partial charge in [-0.2, -0.15) is 0 Å². The van der Waals surface area contributed by atoms with Crippen molar-refractivity contribution in [3.05, 3.63) is 214 Å². The molecule has 6 aromatic rings. The van der Waals surface area contributed by atoms with Gasteiger partial charge in [0.15, 0.2) is 22.7 Å². The van der Waals surface area contributed by atoms with E-state index in [-0.39, 0.29) is 63.6 Å². The summed E-state index contributed by atoms with van der Waals surface area (Å²) in [5.41, 5.74) is 0.505. The van der Waals surface area contributed by atoms with Gasteiger partial charge in [-0.1, -0.05) is 170 Å². The SMILES string of the molecule is O=C1N2Cc3ccccc3CN3C(=O)N4CN5C(=O)N6Cc7ccccc7CN7C(=O)N(CN1C4(c1ccccc1)C23c1ccccc1)C5(c1ccccc1)C76c1ccccc1. The molecule has 7 aliphatic heterocycles. The van der Waals surface area contributed by atoms with Crippen LogP contribution in [0, 0.1) is 0 Å². The fraction of sp³-hybridized carbons (Fsp3) is 0.200. The van der Waals surface area contributed by atoms with Crippen LogP contribution < -0.4 is 0 Å². The van der Waals surface area contributed by atoms with Gasteiger partial charge in [0.05, 0.1) is 26.2 Å². The van der Waals surface area contributed by atoms with Crippen LogP contribution in [0.3, 0.4) is 0 Å². The van der Waals surface area contributed by atoms with Crippen LogP contribution in [0.5, 0.6) is 0 Å². The Morgan fingerprint density at radius 2 is 0.452 bits per heavy atom. The first-order valence-electron chi connectivity index (χ1n) is 21.1. The van der Waals surface area contributed by atoms with E-state index in [0.29, 0.717) is 11.1 Å². The smallest absolute Gasteiger partial charge is 0.288 e. The number of hydrogen-bond donors (Lipinski definition) is 0. The van der Waals surface area contributed by atoms with Crippen molar-refractivity contribution in [1.82, 2.24) is 39.2 Å². The molecule has 5 fully saturated rings. The molecular weight excluding hydrogens is 777 g/mol. The zero-order chi connectivity index (χ0) is 41.6. The lowest BCUT2D eigenvalue weighted by Crippen LogP contribution is -2.72. The Labute approximate surface area is 358 Å². The van der Waals surface area contributed by atoms with Crippen LogP contribution in [-0.4, -0.2) is 76.7 Å². The quantitative estimate of drug-likeness (QED) is 0.182. The van der Waals surface area contributed by atoms with Crippen molar-refractivity contribution in [2.75, 3.05) is 13.3 Å². The average Bonchev–Trinajstić information content (AvgIpc) is 3.69. The van der Waals surface area contributed by atoms with Crippen LogP contribution in [0.4, 0.5) is 19.2 Å². The molecule has 0 saturated carbocycles. The van der Waals surface area contributed by atoms with Gasteiger partial charge in [-0.25, -0.2) is 19.2 Å². The van der Waals surface area contributed by atoms with Gasteiger partial charge in [-0.3, -0.25) is 39.2 Å². The van der Waals surface area contributed by atoms with Crippen LogP contribution in [0.15, 0.2) is 170 Å². The van der Waals surface area contributed by atoms with Gasteiger partial charge in [0, 0.05) is 22.3 Å². The molecule has 6 aromatic carbocycles. The minimum Gasteiger partial charge on any atom is -0.288 e. The number of amides is 8. The van der Waals surface area contributed by atoms with Crippen molar-refractivity contribution >= 4 is 24.1 Å². The molecule has 62 heavy (non-hydrogen) atoms. The van der Waals surface area contributed by atoms with E-state index in [9.17, 15) is 0 Å². The largest absolute Gasteiger partial charge is 0.326 e. The highest BCUT2D eigenvalue weighted by atomic mass is 16.2. The molecule has 5 saturated heterocycles. The molecule has 0 bridgehead atoms. The number of fused-ring (bicyclic) bond motifs is 2. The summed E-state index contributed by atoms with van der Waals surface area (Å²) >= 11 is 0. The van der Waals surface area contributed by atoms with Gasteiger partial charge >= 0.3 is 24.1 Å². The summed E-state index contributed by atoms with van der Waals surface area (Å²) in [5.74, 6) is 0.